The topological polar surface area (TPSA) is 49.8 Å². The number of fused-ring (bicyclic) bond motifs is 1. The lowest BCUT2D eigenvalue weighted by Crippen LogP contribution is -1.98. The zero-order chi connectivity index (χ0) is 12.4. The van der Waals surface area contributed by atoms with Gasteiger partial charge in [-0.05, 0) is 42.5 Å². The molecule has 4 nitrogen and oxygen atoms in total. The van der Waals surface area contributed by atoms with Crippen molar-refractivity contribution in [1.29, 1.82) is 0 Å². The van der Waals surface area contributed by atoms with E-state index in [-0.39, 0.29) is 0 Å². The van der Waals surface area contributed by atoms with E-state index in [0.717, 1.165) is 17.3 Å². The van der Waals surface area contributed by atoms with Crippen LogP contribution in [0.15, 0.2) is 30.6 Å². The van der Waals surface area contributed by atoms with Gasteiger partial charge >= 0.3 is 0 Å². The van der Waals surface area contributed by atoms with Crippen molar-refractivity contribution in [3.05, 3.63) is 41.7 Å². The predicted molar refractivity (Wildman–Crippen MR) is 73.3 cm³/mol. The van der Waals surface area contributed by atoms with Gasteiger partial charge in [0.15, 0.2) is 0 Å². The van der Waals surface area contributed by atoms with Crippen LogP contribution >= 0.6 is 0 Å². The smallest absolute Gasteiger partial charge is 0.135 e. The molecular weight excluding hydrogens is 224 g/mol. The summed E-state index contributed by atoms with van der Waals surface area (Å²) < 4.78 is 0. The molecule has 0 atom stereocenters. The molecule has 18 heavy (non-hydrogen) atoms. The summed E-state index contributed by atoms with van der Waals surface area (Å²) in [5, 5.41) is 6.32. The molecule has 0 fully saturated rings. The van der Waals surface area contributed by atoms with Crippen LogP contribution in [0.4, 0.5) is 17.3 Å². The van der Waals surface area contributed by atoms with E-state index in [1.54, 1.807) is 6.33 Å². The van der Waals surface area contributed by atoms with Gasteiger partial charge in [0.25, 0.3) is 0 Å². The van der Waals surface area contributed by atoms with Gasteiger partial charge < -0.3 is 10.6 Å². The maximum atomic E-state index is 4.21. The standard InChI is InChI=1S/C14H16N4/c1-15-13-8-14(17-9-16-13)18-12-6-5-10-3-2-4-11(10)7-12/h5-9H,2-4H2,1H3,(H2,15,16,17,18). The van der Waals surface area contributed by atoms with Crippen LogP contribution in [0.5, 0.6) is 0 Å². The van der Waals surface area contributed by atoms with Crippen LogP contribution in [-0.4, -0.2) is 17.0 Å². The van der Waals surface area contributed by atoms with Crippen molar-refractivity contribution in [1.82, 2.24) is 9.97 Å². The second-order valence-corrected chi connectivity index (χ2v) is 4.50. The molecule has 2 aromatic rings. The predicted octanol–water partition coefficient (Wildman–Crippen LogP) is 2.75. The fourth-order valence-electron chi connectivity index (χ4n) is 2.36. The van der Waals surface area contributed by atoms with Gasteiger partial charge in [0, 0.05) is 18.8 Å². The second-order valence-electron chi connectivity index (χ2n) is 4.50. The number of aromatic nitrogens is 2. The molecule has 0 saturated heterocycles. The summed E-state index contributed by atoms with van der Waals surface area (Å²) in [6.45, 7) is 0. The zero-order valence-corrected chi connectivity index (χ0v) is 10.4. The number of rotatable bonds is 3. The lowest BCUT2D eigenvalue weighted by atomic mass is 10.1. The molecule has 3 rings (SSSR count). The average molecular weight is 240 g/mol. The summed E-state index contributed by atoms with van der Waals surface area (Å²) in [7, 11) is 1.85. The van der Waals surface area contributed by atoms with E-state index in [1.165, 1.54) is 30.4 Å². The van der Waals surface area contributed by atoms with Crippen LogP contribution in [0, 0.1) is 0 Å². The van der Waals surface area contributed by atoms with E-state index < -0.39 is 0 Å². The molecule has 0 saturated carbocycles. The maximum Gasteiger partial charge on any atom is 0.135 e. The van der Waals surface area contributed by atoms with Gasteiger partial charge in [0.1, 0.15) is 18.0 Å². The summed E-state index contributed by atoms with van der Waals surface area (Å²) in [6.07, 6.45) is 5.24. The monoisotopic (exact) mass is 240 g/mol. The van der Waals surface area contributed by atoms with Crippen LogP contribution < -0.4 is 10.6 Å². The Bertz CT molecular complexity index is 565. The third kappa shape index (κ3) is 2.14. The maximum absolute atomic E-state index is 4.21. The van der Waals surface area contributed by atoms with Crippen LogP contribution in [0.1, 0.15) is 17.5 Å². The van der Waals surface area contributed by atoms with Crippen molar-refractivity contribution in [3.63, 3.8) is 0 Å². The molecule has 0 aliphatic heterocycles. The molecule has 0 spiro atoms. The molecule has 4 heteroatoms. The third-order valence-electron chi connectivity index (χ3n) is 3.29. The molecule has 1 aromatic carbocycles. The molecule has 0 amide bonds. The lowest BCUT2D eigenvalue weighted by Gasteiger charge is -2.08. The Labute approximate surface area is 106 Å². The highest BCUT2D eigenvalue weighted by Gasteiger charge is 2.10. The highest BCUT2D eigenvalue weighted by Crippen LogP contribution is 2.26. The minimum Gasteiger partial charge on any atom is -0.373 e. The Hall–Kier alpha value is -2.10. The number of anilines is 3. The van der Waals surface area contributed by atoms with Crippen molar-refractivity contribution >= 4 is 17.3 Å². The number of benzene rings is 1. The Morgan fingerprint density at radius 1 is 1.00 bits per heavy atom. The Kier molecular flexibility index (Phi) is 2.84. The number of hydrogen-bond acceptors (Lipinski definition) is 4. The van der Waals surface area contributed by atoms with Crippen molar-refractivity contribution in [3.8, 4) is 0 Å². The van der Waals surface area contributed by atoms with Gasteiger partial charge in [-0.2, -0.15) is 0 Å². The van der Waals surface area contributed by atoms with E-state index in [0.29, 0.717) is 0 Å². The minimum absolute atomic E-state index is 0.812. The molecule has 1 aliphatic carbocycles. The quantitative estimate of drug-likeness (QED) is 0.866. The van der Waals surface area contributed by atoms with Crippen molar-refractivity contribution in [2.75, 3.05) is 17.7 Å². The van der Waals surface area contributed by atoms with Crippen LogP contribution in [0.25, 0.3) is 0 Å². The first kappa shape index (κ1) is 11.0. The van der Waals surface area contributed by atoms with Gasteiger partial charge in [0.2, 0.25) is 0 Å². The normalized spacial score (nSPS) is 13.2. The number of aryl methyl sites for hydroxylation is 2. The van der Waals surface area contributed by atoms with Crippen molar-refractivity contribution in [2.24, 2.45) is 0 Å². The number of nitrogens with zero attached hydrogens (tertiary/aromatic N) is 2. The Balaban J connectivity index is 1.83. The highest BCUT2D eigenvalue weighted by atomic mass is 15.1. The van der Waals surface area contributed by atoms with Crippen molar-refractivity contribution in [2.45, 2.75) is 19.3 Å². The molecule has 1 aliphatic rings. The van der Waals surface area contributed by atoms with Crippen LogP contribution in [0.2, 0.25) is 0 Å². The van der Waals surface area contributed by atoms with Gasteiger partial charge in [-0.1, -0.05) is 6.07 Å². The summed E-state index contributed by atoms with van der Waals surface area (Å²) in [6, 6.07) is 8.45. The summed E-state index contributed by atoms with van der Waals surface area (Å²) in [5.74, 6) is 1.63. The van der Waals surface area contributed by atoms with Crippen molar-refractivity contribution < 1.29 is 0 Å². The summed E-state index contributed by atoms with van der Waals surface area (Å²) in [5.41, 5.74) is 4.04. The average Bonchev–Trinajstić information content (AvgIpc) is 2.86. The fraction of sp³-hybridized carbons (Fsp3) is 0.286. The molecule has 1 aromatic heterocycles. The van der Waals surface area contributed by atoms with Gasteiger partial charge in [-0.3, -0.25) is 0 Å². The van der Waals surface area contributed by atoms with E-state index in [4.69, 9.17) is 0 Å². The number of hydrogen-bond donors (Lipinski definition) is 2. The fourth-order valence-corrected chi connectivity index (χ4v) is 2.36. The van der Waals surface area contributed by atoms with Gasteiger partial charge in [-0.25, -0.2) is 9.97 Å². The Morgan fingerprint density at radius 2 is 1.83 bits per heavy atom. The molecule has 0 radical (unpaired) electrons. The van der Waals surface area contributed by atoms with E-state index in [9.17, 15) is 0 Å². The zero-order valence-electron chi connectivity index (χ0n) is 10.4. The molecule has 1 heterocycles. The Morgan fingerprint density at radius 3 is 2.72 bits per heavy atom. The second kappa shape index (κ2) is 4.64. The SMILES string of the molecule is CNc1cc(Nc2ccc3c(c2)CCC3)ncn1. The van der Waals surface area contributed by atoms with E-state index in [1.807, 2.05) is 13.1 Å². The van der Waals surface area contributed by atoms with Crippen LogP contribution in [-0.2, 0) is 12.8 Å². The number of nitrogens with one attached hydrogen (secondary N) is 2. The van der Waals surface area contributed by atoms with E-state index >= 15 is 0 Å². The molecule has 0 unspecified atom stereocenters. The summed E-state index contributed by atoms with van der Waals surface area (Å²) in [4.78, 5) is 8.31. The summed E-state index contributed by atoms with van der Waals surface area (Å²) >= 11 is 0. The highest BCUT2D eigenvalue weighted by molar-refractivity contribution is 5.60. The van der Waals surface area contributed by atoms with Gasteiger partial charge in [0.05, 0.1) is 0 Å². The minimum atomic E-state index is 0.812. The lowest BCUT2D eigenvalue weighted by molar-refractivity contribution is 0.912. The first-order valence-corrected chi connectivity index (χ1v) is 6.24. The third-order valence-corrected chi connectivity index (χ3v) is 3.29. The first-order valence-electron chi connectivity index (χ1n) is 6.24. The van der Waals surface area contributed by atoms with Gasteiger partial charge in [-0.15, -0.1) is 0 Å². The largest absolute Gasteiger partial charge is 0.373 e. The molecule has 2 N–H and O–H groups in total. The molecule has 92 valence electrons. The molecule has 0 bridgehead atoms. The molecular formula is C14H16N4. The van der Waals surface area contributed by atoms with E-state index in [2.05, 4.69) is 38.8 Å². The van der Waals surface area contributed by atoms with Crippen LogP contribution in [0.3, 0.4) is 0 Å². The first-order chi connectivity index (χ1) is 8.85.